The zero-order valence-corrected chi connectivity index (χ0v) is 10.7. The van der Waals surface area contributed by atoms with E-state index in [0.717, 1.165) is 26.2 Å². The van der Waals surface area contributed by atoms with Crippen LogP contribution in [0.25, 0.3) is 0 Å². The topological polar surface area (TPSA) is 48.7 Å². The predicted octanol–water partition coefficient (Wildman–Crippen LogP) is 0.934. The molecule has 2 rings (SSSR count). The second-order valence-corrected chi connectivity index (χ2v) is 4.56. The van der Waals surface area contributed by atoms with Crippen molar-refractivity contribution in [3.63, 3.8) is 0 Å². The van der Waals surface area contributed by atoms with Crippen LogP contribution in [0.15, 0.2) is 21.4 Å². The number of nitrogens with one attached hydrogen (secondary N) is 1. The molecule has 1 aromatic rings. The van der Waals surface area contributed by atoms with Gasteiger partial charge < -0.3 is 9.32 Å². The minimum absolute atomic E-state index is 0.134. The molecule has 1 N–H and O–H groups in total. The highest BCUT2D eigenvalue weighted by Gasteiger charge is 2.18. The van der Waals surface area contributed by atoms with Crippen LogP contribution < -0.4 is 5.43 Å². The number of rotatable bonds is 2. The van der Waals surface area contributed by atoms with E-state index >= 15 is 0 Å². The van der Waals surface area contributed by atoms with Crippen LogP contribution in [0.3, 0.4) is 0 Å². The maximum Gasteiger partial charge on any atom is 0.270 e. The van der Waals surface area contributed by atoms with E-state index in [9.17, 15) is 4.79 Å². The second-order valence-electron chi connectivity index (χ2n) is 3.84. The molecule has 0 unspecified atom stereocenters. The Morgan fingerprint density at radius 1 is 1.44 bits per heavy atom. The fourth-order valence-corrected chi connectivity index (χ4v) is 2.00. The monoisotopic (exact) mass is 287 g/mol. The quantitative estimate of drug-likeness (QED) is 0.879. The SMILES string of the molecule is CN1CCN(NC(=O)c2ccoc2Br)CC1. The van der Waals surface area contributed by atoms with Crippen molar-refractivity contribution in [2.24, 2.45) is 0 Å². The van der Waals surface area contributed by atoms with Crippen LogP contribution >= 0.6 is 15.9 Å². The van der Waals surface area contributed by atoms with Gasteiger partial charge in [0.25, 0.3) is 5.91 Å². The van der Waals surface area contributed by atoms with Gasteiger partial charge in [-0.2, -0.15) is 0 Å². The molecule has 1 aliphatic rings. The van der Waals surface area contributed by atoms with Crippen molar-refractivity contribution in [3.05, 3.63) is 22.6 Å². The van der Waals surface area contributed by atoms with E-state index in [4.69, 9.17) is 4.42 Å². The first kappa shape index (κ1) is 11.6. The average molecular weight is 288 g/mol. The summed E-state index contributed by atoms with van der Waals surface area (Å²) in [4.78, 5) is 14.1. The Morgan fingerprint density at radius 3 is 2.69 bits per heavy atom. The molecule has 6 heteroatoms. The molecule has 1 aliphatic heterocycles. The molecule has 2 heterocycles. The number of hydrazine groups is 1. The van der Waals surface area contributed by atoms with Gasteiger partial charge in [-0.15, -0.1) is 0 Å². The van der Waals surface area contributed by atoms with Crippen molar-refractivity contribution in [3.8, 4) is 0 Å². The molecule has 0 radical (unpaired) electrons. The molecule has 1 aromatic heterocycles. The number of hydrogen-bond acceptors (Lipinski definition) is 4. The molecule has 0 atom stereocenters. The minimum Gasteiger partial charge on any atom is -0.457 e. The van der Waals surface area contributed by atoms with Gasteiger partial charge in [-0.25, -0.2) is 5.01 Å². The number of piperazine rings is 1. The van der Waals surface area contributed by atoms with E-state index in [-0.39, 0.29) is 5.91 Å². The van der Waals surface area contributed by atoms with Crippen molar-refractivity contribution in [2.75, 3.05) is 33.2 Å². The van der Waals surface area contributed by atoms with Gasteiger partial charge in [0.1, 0.15) is 0 Å². The van der Waals surface area contributed by atoms with E-state index in [2.05, 4.69) is 33.3 Å². The zero-order chi connectivity index (χ0) is 11.5. The van der Waals surface area contributed by atoms with Gasteiger partial charge in [0.15, 0.2) is 4.67 Å². The summed E-state index contributed by atoms with van der Waals surface area (Å²) in [5.41, 5.74) is 3.39. The molecule has 1 fully saturated rings. The number of carbonyl (C=O) groups excluding carboxylic acids is 1. The van der Waals surface area contributed by atoms with Gasteiger partial charge in [-0.05, 0) is 29.0 Å². The van der Waals surface area contributed by atoms with E-state index < -0.39 is 0 Å². The number of hydrogen-bond donors (Lipinski definition) is 1. The third-order valence-corrected chi connectivity index (χ3v) is 3.24. The van der Waals surface area contributed by atoms with Crippen LogP contribution in [0, 0.1) is 0 Å². The largest absolute Gasteiger partial charge is 0.457 e. The first-order valence-corrected chi connectivity index (χ1v) is 5.93. The minimum atomic E-state index is -0.134. The molecule has 16 heavy (non-hydrogen) atoms. The third-order valence-electron chi connectivity index (χ3n) is 2.63. The van der Waals surface area contributed by atoms with Crippen LogP contribution in [0.5, 0.6) is 0 Å². The second kappa shape index (κ2) is 4.99. The maximum absolute atomic E-state index is 11.8. The summed E-state index contributed by atoms with van der Waals surface area (Å²) in [6.07, 6.45) is 1.49. The summed E-state index contributed by atoms with van der Waals surface area (Å²) in [5.74, 6) is -0.134. The Morgan fingerprint density at radius 2 is 2.12 bits per heavy atom. The van der Waals surface area contributed by atoms with E-state index in [1.165, 1.54) is 6.26 Å². The van der Waals surface area contributed by atoms with Gasteiger partial charge in [0.05, 0.1) is 11.8 Å². The molecule has 1 saturated heterocycles. The summed E-state index contributed by atoms with van der Waals surface area (Å²) in [7, 11) is 2.08. The fraction of sp³-hybridized carbons (Fsp3) is 0.500. The summed E-state index contributed by atoms with van der Waals surface area (Å²) < 4.78 is 5.49. The first-order chi connectivity index (χ1) is 7.66. The lowest BCUT2D eigenvalue weighted by Gasteiger charge is -2.32. The van der Waals surface area contributed by atoms with Crippen LogP contribution in [0.4, 0.5) is 0 Å². The van der Waals surface area contributed by atoms with Crippen molar-refractivity contribution in [1.82, 2.24) is 15.3 Å². The average Bonchev–Trinajstić information content (AvgIpc) is 2.68. The molecule has 0 aliphatic carbocycles. The molecule has 0 saturated carbocycles. The number of likely N-dealkylation sites (N-methyl/N-ethyl adjacent to an activating group) is 1. The highest BCUT2D eigenvalue weighted by Crippen LogP contribution is 2.17. The third kappa shape index (κ3) is 2.63. The summed E-state index contributed by atoms with van der Waals surface area (Å²) in [5, 5.41) is 1.93. The number of nitrogens with zero attached hydrogens (tertiary/aromatic N) is 2. The summed E-state index contributed by atoms with van der Waals surface area (Å²) >= 11 is 3.19. The molecule has 0 spiro atoms. The first-order valence-electron chi connectivity index (χ1n) is 5.14. The normalized spacial score (nSPS) is 18.6. The van der Waals surface area contributed by atoms with Gasteiger partial charge in [0.2, 0.25) is 0 Å². The Labute approximate surface area is 102 Å². The smallest absolute Gasteiger partial charge is 0.270 e. The van der Waals surface area contributed by atoms with Gasteiger partial charge in [-0.1, -0.05) is 0 Å². The highest BCUT2D eigenvalue weighted by atomic mass is 79.9. The van der Waals surface area contributed by atoms with E-state index in [1.54, 1.807) is 6.07 Å². The number of amides is 1. The standard InChI is InChI=1S/C10H14BrN3O2/c1-13-3-5-14(6-4-13)12-10(15)8-2-7-16-9(8)11/h2,7H,3-6H2,1H3,(H,12,15). The Hall–Kier alpha value is -0.850. The van der Waals surface area contributed by atoms with Crippen LogP contribution in [0.1, 0.15) is 10.4 Å². The molecule has 88 valence electrons. The van der Waals surface area contributed by atoms with Crippen molar-refractivity contribution in [1.29, 1.82) is 0 Å². The van der Waals surface area contributed by atoms with Crippen LogP contribution in [-0.2, 0) is 0 Å². The molecule has 0 aromatic carbocycles. The maximum atomic E-state index is 11.8. The Balaban J connectivity index is 1.91. The number of halogens is 1. The summed E-state index contributed by atoms with van der Waals surface area (Å²) in [6.45, 7) is 3.62. The van der Waals surface area contributed by atoms with E-state index in [1.807, 2.05) is 5.01 Å². The lowest BCUT2D eigenvalue weighted by molar-refractivity contribution is 0.0661. The van der Waals surface area contributed by atoms with E-state index in [0.29, 0.717) is 10.2 Å². The Bertz CT molecular complexity index is 372. The zero-order valence-electron chi connectivity index (χ0n) is 9.07. The highest BCUT2D eigenvalue weighted by molar-refractivity contribution is 9.10. The molecular formula is C10H14BrN3O2. The molecular weight excluding hydrogens is 274 g/mol. The number of carbonyl (C=O) groups is 1. The van der Waals surface area contributed by atoms with Crippen LogP contribution in [-0.4, -0.2) is 49.0 Å². The van der Waals surface area contributed by atoms with Gasteiger partial charge in [0, 0.05) is 26.2 Å². The number of furan rings is 1. The Kier molecular flexibility index (Phi) is 3.63. The van der Waals surface area contributed by atoms with Gasteiger partial charge in [-0.3, -0.25) is 10.2 Å². The molecule has 5 nitrogen and oxygen atoms in total. The lowest BCUT2D eigenvalue weighted by atomic mass is 10.3. The van der Waals surface area contributed by atoms with Crippen molar-refractivity contribution in [2.45, 2.75) is 0 Å². The van der Waals surface area contributed by atoms with Crippen molar-refractivity contribution < 1.29 is 9.21 Å². The lowest BCUT2D eigenvalue weighted by Crippen LogP contribution is -2.52. The van der Waals surface area contributed by atoms with Crippen molar-refractivity contribution >= 4 is 21.8 Å². The molecule has 1 amide bonds. The predicted molar refractivity (Wildman–Crippen MR) is 62.9 cm³/mol. The van der Waals surface area contributed by atoms with Gasteiger partial charge >= 0.3 is 0 Å². The summed E-state index contributed by atoms with van der Waals surface area (Å²) in [6, 6.07) is 1.65. The van der Waals surface area contributed by atoms with Crippen LogP contribution in [0.2, 0.25) is 0 Å². The molecule has 0 bridgehead atoms. The fourth-order valence-electron chi connectivity index (χ4n) is 1.58.